The first kappa shape index (κ1) is 13.8. The number of rotatable bonds is 7. The predicted molar refractivity (Wildman–Crippen MR) is 64.2 cm³/mol. The summed E-state index contributed by atoms with van der Waals surface area (Å²) in [6.45, 7) is 4.92. The number of ketones is 1. The maximum atomic E-state index is 11.7. The number of carbonyl (C=O) groups excluding carboxylic acids is 1. The van der Waals surface area contributed by atoms with Gasteiger partial charge < -0.3 is 5.73 Å². The molecule has 0 aliphatic rings. The lowest BCUT2D eigenvalue weighted by Gasteiger charge is -2.23. The van der Waals surface area contributed by atoms with E-state index in [0.717, 1.165) is 12.8 Å². The van der Waals surface area contributed by atoms with Crippen LogP contribution in [0, 0.1) is 5.41 Å². The van der Waals surface area contributed by atoms with E-state index in [2.05, 4.69) is 29.3 Å². The summed E-state index contributed by atoms with van der Waals surface area (Å²) in [5, 5.41) is 11.5. The molecule has 0 spiro atoms. The third-order valence-corrected chi connectivity index (χ3v) is 2.81. The zero-order valence-corrected chi connectivity index (χ0v) is 10.8. The summed E-state index contributed by atoms with van der Waals surface area (Å²) in [5.41, 5.74) is 5.66. The minimum Gasteiger partial charge on any atom is -0.330 e. The summed E-state index contributed by atoms with van der Waals surface area (Å²) in [7, 11) is 1.69. The first-order chi connectivity index (χ1) is 7.93. The molecule has 1 aromatic rings. The van der Waals surface area contributed by atoms with Gasteiger partial charge in [-0.1, -0.05) is 13.8 Å². The van der Waals surface area contributed by atoms with Crippen molar-refractivity contribution < 1.29 is 4.79 Å². The van der Waals surface area contributed by atoms with Crippen molar-refractivity contribution in [3.8, 4) is 0 Å². The molecular weight excluding hydrogens is 218 g/mol. The number of hydrogen-bond acceptors (Lipinski definition) is 5. The molecule has 0 unspecified atom stereocenters. The summed E-state index contributed by atoms with van der Waals surface area (Å²) in [6.07, 6.45) is 2.60. The van der Waals surface area contributed by atoms with Crippen LogP contribution in [-0.2, 0) is 18.3 Å². The minimum absolute atomic E-state index is 0.125. The van der Waals surface area contributed by atoms with Crippen LogP contribution in [-0.4, -0.2) is 32.5 Å². The molecule has 0 atom stereocenters. The van der Waals surface area contributed by atoms with E-state index in [1.54, 1.807) is 7.05 Å². The molecule has 17 heavy (non-hydrogen) atoms. The fourth-order valence-corrected chi connectivity index (χ4v) is 1.65. The molecule has 0 fully saturated rings. The summed E-state index contributed by atoms with van der Waals surface area (Å²) < 4.78 is 0. The Hall–Kier alpha value is -1.30. The van der Waals surface area contributed by atoms with Crippen LogP contribution in [0.5, 0.6) is 0 Å². The highest BCUT2D eigenvalue weighted by atomic mass is 16.1. The Morgan fingerprint density at radius 3 is 2.65 bits per heavy atom. The van der Waals surface area contributed by atoms with Crippen molar-refractivity contribution in [2.75, 3.05) is 6.54 Å². The predicted octanol–water partition coefficient (Wildman–Crippen LogP) is 0.477. The van der Waals surface area contributed by atoms with E-state index in [1.807, 2.05) is 0 Å². The fraction of sp³-hybridized carbons (Fsp3) is 0.818. The van der Waals surface area contributed by atoms with Gasteiger partial charge in [0, 0.05) is 6.42 Å². The van der Waals surface area contributed by atoms with Crippen molar-refractivity contribution in [3.63, 3.8) is 0 Å². The van der Waals surface area contributed by atoms with Crippen molar-refractivity contribution in [2.45, 2.75) is 39.5 Å². The van der Waals surface area contributed by atoms with Gasteiger partial charge >= 0.3 is 0 Å². The fourth-order valence-electron chi connectivity index (χ4n) is 1.65. The van der Waals surface area contributed by atoms with Crippen LogP contribution in [0.3, 0.4) is 0 Å². The molecule has 0 radical (unpaired) electrons. The van der Waals surface area contributed by atoms with Gasteiger partial charge in [0.1, 0.15) is 5.78 Å². The van der Waals surface area contributed by atoms with Gasteiger partial charge in [-0.05, 0) is 30.0 Å². The highest BCUT2D eigenvalue weighted by Crippen LogP contribution is 2.26. The second kappa shape index (κ2) is 5.86. The molecule has 1 rings (SSSR count). The summed E-state index contributed by atoms with van der Waals surface area (Å²) in [5.74, 6) is 0.650. The molecule has 0 aliphatic carbocycles. The Morgan fingerprint density at radius 1 is 1.41 bits per heavy atom. The maximum absolute atomic E-state index is 11.7. The molecule has 96 valence electrons. The van der Waals surface area contributed by atoms with Crippen LogP contribution < -0.4 is 5.73 Å². The van der Waals surface area contributed by atoms with E-state index in [1.165, 1.54) is 4.80 Å². The molecule has 1 heterocycles. The summed E-state index contributed by atoms with van der Waals surface area (Å²) in [6, 6.07) is 0. The highest BCUT2D eigenvalue weighted by molar-refractivity contribution is 5.80. The van der Waals surface area contributed by atoms with E-state index in [0.29, 0.717) is 18.8 Å². The van der Waals surface area contributed by atoms with Gasteiger partial charge in [-0.15, -0.1) is 10.2 Å². The van der Waals surface area contributed by atoms with Crippen LogP contribution in [0.25, 0.3) is 0 Å². The average Bonchev–Trinajstić information content (AvgIpc) is 2.61. The zero-order chi connectivity index (χ0) is 12.9. The van der Waals surface area contributed by atoms with Gasteiger partial charge in [0.05, 0.1) is 13.5 Å². The molecule has 0 aliphatic heterocycles. The Balaban J connectivity index is 2.35. The maximum Gasteiger partial charge on any atom is 0.182 e. The smallest absolute Gasteiger partial charge is 0.182 e. The first-order valence-corrected chi connectivity index (χ1v) is 5.87. The monoisotopic (exact) mass is 239 g/mol. The molecule has 6 nitrogen and oxygen atoms in total. The summed E-state index contributed by atoms with van der Waals surface area (Å²) >= 11 is 0. The van der Waals surface area contributed by atoms with Crippen LogP contribution in [0.4, 0.5) is 0 Å². The van der Waals surface area contributed by atoms with Gasteiger partial charge in [0.2, 0.25) is 0 Å². The molecule has 1 aromatic heterocycles. The molecule has 2 N–H and O–H groups in total. The lowest BCUT2D eigenvalue weighted by molar-refractivity contribution is -0.119. The molecule has 6 heteroatoms. The standard InChI is InChI=1S/C11H21N5O/c1-11(2,6-7-12)5-4-9(17)8-10-13-15-16(3)14-10/h4-8,12H2,1-3H3. The van der Waals surface area contributed by atoms with Gasteiger partial charge in [-0.25, -0.2) is 0 Å². The number of nitrogens with zero attached hydrogens (tertiary/aromatic N) is 4. The Kier molecular flexibility index (Phi) is 4.74. The van der Waals surface area contributed by atoms with Gasteiger partial charge in [0.15, 0.2) is 5.82 Å². The number of aromatic nitrogens is 4. The quantitative estimate of drug-likeness (QED) is 0.747. The number of nitrogens with two attached hydrogens (primary N) is 1. The molecule has 0 bridgehead atoms. The highest BCUT2D eigenvalue weighted by Gasteiger charge is 2.19. The van der Waals surface area contributed by atoms with Crippen LogP contribution in [0.1, 0.15) is 38.9 Å². The van der Waals surface area contributed by atoms with E-state index in [4.69, 9.17) is 5.73 Å². The Bertz CT molecular complexity index is 372. The van der Waals surface area contributed by atoms with E-state index in [-0.39, 0.29) is 17.6 Å². The summed E-state index contributed by atoms with van der Waals surface area (Å²) in [4.78, 5) is 13.1. The topological polar surface area (TPSA) is 86.7 Å². The Morgan fingerprint density at radius 2 is 2.12 bits per heavy atom. The molecule has 0 saturated carbocycles. The molecular formula is C11H21N5O. The number of tetrazole rings is 1. The van der Waals surface area contributed by atoms with Gasteiger partial charge in [0.25, 0.3) is 0 Å². The largest absolute Gasteiger partial charge is 0.330 e. The van der Waals surface area contributed by atoms with Gasteiger partial charge in [-0.2, -0.15) is 4.80 Å². The van der Waals surface area contributed by atoms with Crippen LogP contribution in [0.15, 0.2) is 0 Å². The zero-order valence-electron chi connectivity index (χ0n) is 10.8. The van der Waals surface area contributed by atoms with E-state index in [9.17, 15) is 4.79 Å². The molecule has 0 saturated heterocycles. The van der Waals surface area contributed by atoms with Gasteiger partial charge in [-0.3, -0.25) is 4.79 Å². The lowest BCUT2D eigenvalue weighted by Crippen LogP contribution is -2.19. The second-order valence-corrected chi connectivity index (χ2v) is 5.11. The average molecular weight is 239 g/mol. The molecule has 0 amide bonds. The molecule has 0 aromatic carbocycles. The number of Topliss-reactive ketones (excluding diaryl/α,β-unsaturated/α-hetero) is 1. The second-order valence-electron chi connectivity index (χ2n) is 5.11. The SMILES string of the molecule is Cn1nnc(CC(=O)CCC(C)(C)CCN)n1. The van der Waals surface area contributed by atoms with E-state index < -0.39 is 0 Å². The lowest BCUT2D eigenvalue weighted by atomic mass is 9.83. The van der Waals surface area contributed by atoms with Crippen molar-refractivity contribution in [3.05, 3.63) is 5.82 Å². The minimum atomic E-state index is 0.125. The third kappa shape index (κ3) is 5.04. The normalized spacial score (nSPS) is 11.8. The van der Waals surface area contributed by atoms with Crippen LogP contribution in [0.2, 0.25) is 0 Å². The number of aryl methyl sites for hydroxylation is 1. The number of hydrogen-bond donors (Lipinski definition) is 1. The van der Waals surface area contributed by atoms with Crippen molar-refractivity contribution in [1.82, 2.24) is 20.2 Å². The van der Waals surface area contributed by atoms with E-state index >= 15 is 0 Å². The van der Waals surface area contributed by atoms with Crippen LogP contribution >= 0.6 is 0 Å². The first-order valence-electron chi connectivity index (χ1n) is 5.87. The Labute approximate surface area is 102 Å². The third-order valence-electron chi connectivity index (χ3n) is 2.81. The van der Waals surface area contributed by atoms with Crippen molar-refractivity contribution >= 4 is 5.78 Å². The van der Waals surface area contributed by atoms with Crippen molar-refractivity contribution in [2.24, 2.45) is 18.2 Å². The van der Waals surface area contributed by atoms with Crippen molar-refractivity contribution in [1.29, 1.82) is 0 Å². The number of carbonyl (C=O) groups is 1.